The maximum absolute atomic E-state index is 12.3. The first kappa shape index (κ1) is 19.1. The molecular weight excluding hydrogens is 348 g/mol. The van der Waals surface area contributed by atoms with E-state index in [0.717, 1.165) is 18.8 Å². The number of hydrogen-bond acceptors (Lipinski definition) is 4. The Kier molecular flexibility index (Phi) is 6.83. The summed E-state index contributed by atoms with van der Waals surface area (Å²) >= 11 is 1.41. The van der Waals surface area contributed by atoms with Gasteiger partial charge in [-0.2, -0.15) is 0 Å². The number of thiophene rings is 1. The standard InChI is InChI=1S/C20H28N2O3S/c23-17(18-7-3-13-26-18)9-10-20(25)22-12-11-16(14-22)21-19(24)8-2-6-15-4-1-5-15/h3,7,13,15-16H,1-2,4-6,8-12,14H2,(H,21,24). The van der Waals surface area contributed by atoms with Crippen molar-refractivity contribution in [2.75, 3.05) is 13.1 Å². The minimum absolute atomic E-state index is 0.0108. The van der Waals surface area contributed by atoms with Crippen LogP contribution in [0, 0.1) is 5.92 Å². The molecule has 0 bridgehead atoms. The number of Topliss-reactive ketones (excluding diaryl/α,β-unsaturated/α-hetero) is 1. The van der Waals surface area contributed by atoms with Gasteiger partial charge in [0.2, 0.25) is 11.8 Å². The number of amides is 2. The molecule has 1 aliphatic heterocycles. The maximum Gasteiger partial charge on any atom is 0.223 e. The molecule has 0 radical (unpaired) electrons. The molecule has 26 heavy (non-hydrogen) atoms. The zero-order chi connectivity index (χ0) is 18.4. The van der Waals surface area contributed by atoms with E-state index in [1.807, 2.05) is 11.4 Å². The fourth-order valence-electron chi connectivity index (χ4n) is 3.68. The third kappa shape index (κ3) is 5.40. The molecule has 2 aliphatic rings. The van der Waals surface area contributed by atoms with Crippen LogP contribution >= 0.6 is 11.3 Å². The third-order valence-electron chi connectivity index (χ3n) is 5.51. The summed E-state index contributed by atoms with van der Waals surface area (Å²) in [6.07, 6.45) is 8.05. The van der Waals surface area contributed by atoms with E-state index in [2.05, 4.69) is 5.32 Å². The molecule has 3 rings (SSSR count). The van der Waals surface area contributed by atoms with Crippen molar-refractivity contribution in [3.05, 3.63) is 22.4 Å². The van der Waals surface area contributed by atoms with E-state index < -0.39 is 0 Å². The van der Waals surface area contributed by atoms with Crippen LogP contribution in [-0.2, 0) is 9.59 Å². The van der Waals surface area contributed by atoms with Crippen LogP contribution < -0.4 is 5.32 Å². The average Bonchev–Trinajstić information content (AvgIpc) is 3.26. The van der Waals surface area contributed by atoms with Crippen LogP contribution in [0.5, 0.6) is 0 Å². The molecule has 6 heteroatoms. The van der Waals surface area contributed by atoms with Gasteiger partial charge in [-0.1, -0.05) is 25.3 Å². The molecule has 142 valence electrons. The Labute approximate surface area is 159 Å². The Balaban J connectivity index is 1.31. The number of ketones is 1. The minimum Gasteiger partial charge on any atom is -0.352 e. The highest BCUT2D eigenvalue weighted by Crippen LogP contribution is 2.30. The van der Waals surface area contributed by atoms with Crippen molar-refractivity contribution in [3.63, 3.8) is 0 Å². The molecule has 0 aromatic carbocycles. The van der Waals surface area contributed by atoms with Gasteiger partial charge in [-0.15, -0.1) is 11.3 Å². The lowest BCUT2D eigenvalue weighted by Crippen LogP contribution is -2.38. The summed E-state index contributed by atoms with van der Waals surface area (Å²) in [6.45, 7) is 1.24. The fourth-order valence-corrected chi connectivity index (χ4v) is 4.37. The zero-order valence-electron chi connectivity index (χ0n) is 15.2. The second kappa shape index (κ2) is 9.31. The van der Waals surface area contributed by atoms with E-state index in [1.54, 1.807) is 11.0 Å². The number of nitrogens with one attached hydrogen (secondary N) is 1. The van der Waals surface area contributed by atoms with Gasteiger partial charge >= 0.3 is 0 Å². The molecule has 1 aromatic rings. The largest absolute Gasteiger partial charge is 0.352 e. The fraction of sp³-hybridized carbons (Fsp3) is 0.650. The average molecular weight is 377 g/mol. The van der Waals surface area contributed by atoms with Crippen molar-refractivity contribution < 1.29 is 14.4 Å². The summed E-state index contributed by atoms with van der Waals surface area (Å²) in [4.78, 5) is 38.8. The first-order valence-corrected chi connectivity index (χ1v) is 10.6. The molecule has 2 fully saturated rings. The molecule has 1 aromatic heterocycles. The summed E-state index contributed by atoms with van der Waals surface area (Å²) in [6, 6.07) is 3.70. The van der Waals surface area contributed by atoms with Gasteiger partial charge in [0.25, 0.3) is 0 Å². The SMILES string of the molecule is O=C(CCCC1CCC1)NC1CCN(C(=O)CCC(=O)c2cccs2)C1. The van der Waals surface area contributed by atoms with Gasteiger partial charge in [-0.25, -0.2) is 0 Å². The molecule has 2 amide bonds. The van der Waals surface area contributed by atoms with Crippen molar-refractivity contribution in [1.82, 2.24) is 10.2 Å². The van der Waals surface area contributed by atoms with Crippen LogP contribution in [0.2, 0.25) is 0 Å². The first-order chi connectivity index (χ1) is 12.6. The summed E-state index contributed by atoms with van der Waals surface area (Å²) in [5.74, 6) is 0.997. The Morgan fingerprint density at radius 3 is 2.69 bits per heavy atom. The highest BCUT2D eigenvalue weighted by molar-refractivity contribution is 7.12. The van der Waals surface area contributed by atoms with E-state index in [9.17, 15) is 14.4 Å². The van der Waals surface area contributed by atoms with E-state index in [4.69, 9.17) is 0 Å². The van der Waals surface area contributed by atoms with Gasteiger partial charge in [0, 0.05) is 38.4 Å². The van der Waals surface area contributed by atoms with Crippen molar-refractivity contribution in [2.24, 2.45) is 5.92 Å². The summed E-state index contributed by atoms with van der Waals surface area (Å²) < 4.78 is 0. The van der Waals surface area contributed by atoms with Crippen molar-refractivity contribution >= 4 is 28.9 Å². The topological polar surface area (TPSA) is 66.5 Å². The minimum atomic E-state index is 0.0108. The van der Waals surface area contributed by atoms with Gasteiger partial charge in [0.1, 0.15) is 0 Å². The molecule has 0 spiro atoms. The van der Waals surface area contributed by atoms with Gasteiger partial charge in [0.05, 0.1) is 4.88 Å². The lowest BCUT2D eigenvalue weighted by atomic mass is 9.82. The normalized spacial score (nSPS) is 20.0. The second-order valence-corrected chi connectivity index (χ2v) is 8.43. The molecule has 2 heterocycles. The highest BCUT2D eigenvalue weighted by Gasteiger charge is 2.27. The number of nitrogens with zero attached hydrogens (tertiary/aromatic N) is 1. The Hall–Kier alpha value is -1.69. The van der Waals surface area contributed by atoms with Gasteiger partial charge in [-0.3, -0.25) is 14.4 Å². The molecule has 1 atom stereocenters. The van der Waals surface area contributed by atoms with Crippen LogP contribution in [0.1, 0.15) is 67.5 Å². The van der Waals surface area contributed by atoms with E-state index >= 15 is 0 Å². The summed E-state index contributed by atoms with van der Waals surface area (Å²) in [5.41, 5.74) is 0. The molecule has 1 saturated carbocycles. The maximum atomic E-state index is 12.3. The zero-order valence-corrected chi connectivity index (χ0v) is 16.1. The number of rotatable bonds is 9. The lowest BCUT2D eigenvalue weighted by molar-refractivity contribution is -0.130. The van der Waals surface area contributed by atoms with Crippen molar-refractivity contribution in [3.8, 4) is 0 Å². The van der Waals surface area contributed by atoms with Crippen molar-refractivity contribution in [1.29, 1.82) is 0 Å². The number of carbonyl (C=O) groups excluding carboxylic acids is 3. The van der Waals surface area contributed by atoms with E-state index in [-0.39, 0.29) is 36.5 Å². The quantitative estimate of drug-likeness (QED) is 0.672. The molecule has 1 saturated heterocycles. The molecule has 1 unspecified atom stereocenters. The van der Waals surface area contributed by atoms with E-state index in [1.165, 1.54) is 37.0 Å². The van der Waals surface area contributed by atoms with E-state index in [0.29, 0.717) is 24.4 Å². The van der Waals surface area contributed by atoms with Crippen LogP contribution in [0.25, 0.3) is 0 Å². The predicted octanol–water partition coefficient (Wildman–Crippen LogP) is 3.40. The molecule has 1 aliphatic carbocycles. The summed E-state index contributed by atoms with van der Waals surface area (Å²) in [7, 11) is 0. The van der Waals surface area contributed by atoms with Crippen LogP contribution in [0.15, 0.2) is 17.5 Å². The number of likely N-dealkylation sites (tertiary alicyclic amines) is 1. The third-order valence-corrected chi connectivity index (χ3v) is 6.42. The Morgan fingerprint density at radius 1 is 1.15 bits per heavy atom. The highest BCUT2D eigenvalue weighted by atomic mass is 32.1. The van der Waals surface area contributed by atoms with Gasteiger partial charge in [-0.05, 0) is 36.6 Å². The van der Waals surface area contributed by atoms with Crippen LogP contribution in [0.3, 0.4) is 0 Å². The van der Waals surface area contributed by atoms with Crippen molar-refractivity contribution in [2.45, 2.75) is 63.8 Å². The predicted molar refractivity (Wildman–Crippen MR) is 102 cm³/mol. The molecule has 1 N–H and O–H groups in total. The number of carbonyl (C=O) groups is 3. The Morgan fingerprint density at radius 2 is 2.00 bits per heavy atom. The lowest BCUT2D eigenvalue weighted by Gasteiger charge is -2.25. The van der Waals surface area contributed by atoms with Crippen LogP contribution in [-0.4, -0.2) is 41.6 Å². The molecule has 5 nitrogen and oxygen atoms in total. The monoisotopic (exact) mass is 376 g/mol. The van der Waals surface area contributed by atoms with Crippen LogP contribution in [0.4, 0.5) is 0 Å². The summed E-state index contributed by atoms with van der Waals surface area (Å²) in [5, 5.41) is 4.93. The van der Waals surface area contributed by atoms with Gasteiger partial charge < -0.3 is 10.2 Å². The van der Waals surface area contributed by atoms with Gasteiger partial charge in [0.15, 0.2) is 5.78 Å². The second-order valence-electron chi connectivity index (χ2n) is 7.48. The Bertz CT molecular complexity index is 625. The number of hydrogen-bond donors (Lipinski definition) is 1. The first-order valence-electron chi connectivity index (χ1n) is 9.75. The smallest absolute Gasteiger partial charge is 0.223 e. The molecular formula is C20H28N2O3S.